The van der Waals surface area contributed by atoms with Crippen LogP contribution in [0.5, 0.6) is 17.2 Å². The highest BCUT2D eigenvalue weighted by molar-refractivity contribution is 8.18. The van der Waals surface area contributed by atoms with Gasteiger partial charge in [-0.1, -0.05) is 6.07 Å². The minimum absolute atomic E-state index is 0.0188. The second-order valence-electron chi connectivity index (χ2n) is 10.1. The third kappa shape index (κ3) is 6.22. The summed E-state index contributed by atoms with van der Waals surface area (Å²) >= 11 is 0.631. The molecule has 0 spiro atoms. The second kappa shape index (κ2) is 11.5. The molecule has 1 fully saturated rings. The average molecular weight is 575 g/mol. The van der Waals surface area contributed by atoms with E-state index >= 15 is 0 Å². The van der Waals surface area contributed by atoms with Gasteiger partial charge >= 0.3 is 6.18 Å². The minimum atomic E-state index is -4.71. The number of rotatable bonds is 8. The second-order valence-corrected chi connectivity index (χ2v) is 11.1. The Bertz CT molecular complexity index is 1430. The number of nitrogens with one attached hydrogen (secondary N) is 1. The summed E-state index contributed by atoms with van der Waals surface area (Å²) in [7, 11) is 0. The van der Waals surface area contributed by atoms with Crippen LogP contribution in [-0.4, -0.2) is 30.0 Å². The molecule has 1 saturated heterocycles. The number of ether oxygens (including phenoxy) is 3. The zero-order valence-corrected chi connectivity index (χ0v) is 23.4. The lowest BCUT2D eigenvalue weighted by Crippen LogP contribution is -2.42. The lowest BCUT2D eigenvalue weighted by molar-refractivity contribution is -0.139. The van der Waals surface area contributed by atoms with Gasteiger partial charge in [-0.05, 0) is 99.2 Å². The first-order chi connectivity index (χ1) is 18.8. The first kappa shape index (κ1) is 29.3. The normalized spacial score (nSPS) is 19.6. The van der Waals surface area contributed by atoms with Gasteiger partial charge in [0, 0.05) is 12.0 Å². The van der Waals surface area contributed by atoms with Gasteiger partial charge in [-0.25, -0.2) is 0 Å². The first-order valence-corrected chi connectivity index (χ1v) is 13.5. The number of thioether (sulfide) groups is 1. The van der Waals surface area contributed by atoms with Gasteiger partial charge < -0.3 is 14.2 Å². The molecule has 0 radical (unpaired) electrons. The van der Waals surface area contributed by atoms with Gasteiger partial charge in [0.05, 0.1) is 23.1 Å². The molecule has 0 aliphatic carbocycles. The van der Waals surface area contributed by atoms with E-state index in [-0.39, 0.29) is 22.8 Å². The number of carbonyl (C=O) groups excluding carboxylic acids is 2. The van der Waals surface area contributed by atoms with Crippen molar-refractivity contribution in [2.24, 2.45) is 0 Å². The summed E-state index contributed by atoms with van der Waals surface area (Å²) in [6, 6.07) is 5.62. The molecule has 2 aliphatic heterocycles. The molecule has 11 heteroatoms. The van der Waals surface area contributed by atoms with Crippen LogP contribution in [0.1, 0.15) is 59.6 Å². The van der Waals surface area contributed by atoms with E-state index in [0.717, 1.165) is 34.1 Å². The number of carbonyl (C=O) groups is 2. The van der Waals surface area contributed by atoms with E-state index in [1.807, 2.05) is 27.7 Å². The number of nitrogens with zero attached hydrogens (tertiary/aromatic N) is 1. The maximum atomic E-state index is 14.0. The Kier molecular flexibility index (Phi) is 8.40. The van der Waals surface area contributed by atoms with E-state index in [4.69, 9.17) is 19.5 Å². The SMILES string of the molecule is Cc1c(C)c2c(c(C)c1OCCCC#N)CCC(C)(COc1ccc(C=C3SC(=O)NC3=O)cc1C(F)(F)F)O2. The molecule has 2 heterocycles. The van der Waals surface area contributed by atoms with Crippen LogP contribution >= 0.6 is 11.8 Å². The molecule has 0 saturated carbocycles. The summed E-state index contributed by atoms with van der Waals surface area (Å²) in [5.41, 5.74) is 2.01. The standard InChI is InChI=1S/C29H29F3N2O5S/c1-16-17(2)25-20(18(3)24(16)37-12-6-5-11-33)9-10-28(4,39-25)15-38-22-8-7-19(13-21(22)29(30,31)32)14-23-26(35)34-27(36)40-23/h7-8,13-14H,5-6,9-10,12,15H2,1-4H3,(H,34,35,36). The number of amides is 2. The highest BCUT2D eigenvalue weighted by atomic mass is 32.2. The smallest absolute Gasteiger partial charge is 0.419 e. The summed E-state index contributed by atoms with van der Waals surface area (Å²) in [4.78, 5) is 23.2. The number of alkyl halides is 3. The fourth-order valence-corrected chi connectivity index (χ4v) is 5.39. The Morgan fingerprint density at radius 1 is 1.18 bits per heavy atom. The molecule has 0 aromatic heterocycles. The van der Waals surface area contributed by atoms with Gasteiger partial charge in [-0.2, -0.15) is 18.4 Å². The van der Waals surface area contributed by atoms with Crippen LogP contribution in [0.4, 0.5) is 18.0 Å². The zero-order chi connectivity index (χ0) is 29.2. The maximum Gasteiger partial charge on any atom is 0.419 e. The topological polar surface area (TPSA) is 97.6 Å². The Morgan fingerprint density at radius 2 is 1.93 bits per heavy atom. The zero-order valence-electron chi connectivity index (χ0n) is 22.6. The number of hydrogen-bond donors (Lipinski definition) is 1. The molecule has 2 aromatic rings. The summed E-state index contributed by atoms with van der Waals surface area (Å²) in [6.07, 6.45) is -1.28. The molecule has 2 amide bonds. The van der Waals surface area contributed by atoms with Gasteiger partial charge in [0.1, 0.15) is 29.5 Å². The molecule has 1 N–H and O–H groups in total. The molecule has 212 valence electrons. The molecular formula is C29H29F3N2O5S. The maximum absolute atomic E-state index is 14.0. The van der Waals surface area contributed by atoms with E-state index < -0.39 is 28.5 Å². The Hall–Kier alpha value is -3.65. The molecular weight excluding hydrogens is 545 g/mol. The summed E-state index contributed by atoms with van der Waals surface area (Å²) in [5, 5.41) is 10.3. The number of unbranched alkanes of at least 4 members (excludes halogenated alkanes) is 1. The van der Waals surface area contributed by atoms with Gasteiger partial charge in [-0.3, -0.25) is 14.9 Å². The van der Waals surface area contributed by atoms with Crippen molar-refractivity contribution < 1.29 is 37.0 Å². The lowest BCUT2D eigenvalue weighted by atomic mass is 9.87. The third-order valence-corrected chi connectivity index (χ3v) is 7.84. The van der Waals surface area contributed by atoms with Gasteiger partial charge in [0.25, 0.3) is 11.1 Å². The van der Waals surface area contributed by atoms with Crippen LogP contribution in [-0.2, 0) is 17.4 Å². The molecule has 7 nitrogen and oxygen atoms in total. The predicted octanol–water partition coefficient (Wildman–Crippen LogP) is 6.80. The fraction of sp³-hybridized carbons (Fsp3) is 0.414. The van der Waals surface area contributed by atoms with E-state index in [1.165, 1.54) is 18.2 Å². The van der Waals surface area contributed by atoms with Crippen LogP contribution in [0.2, 0.25) is 0 Å². The summed E-state index contributed by atoms with van der Waals surface area (Å²) in [6.45, 7) is 7.95. The Morgan fingerprint density at radius 3 is 2.58 bits per heavy atom. The molecule has 2 aliphatic rings. The number of benzene rings is 2. The van der Waals surface area contributed by atoms with Crippen molar-refractivity contribution in [1.82, 2.24) is 5.32 Å². The van der Waals surface area contributed by atoms with Crippen LogP contribution < -0.4 is 19.5 Å². The lowest BCUT2D eigenvalue weighted by Gasteiger charge is -2.38. The Labute approximate surface area is 234 Å². The van der Waals surface area contributed by atoms with Crippen molar-refractivity contribution in [3.63, 3.8) is 0 Å². The van der Waals surface area contributed by atoms with E-state index in [9.17, 15) is 22.8 Å². The number of nitriles is 1. The van der Waals surface area contributed by atoms with Crippen LogP contribution in [0.15, 0.2) is 23.1 Å². The first-order valence-electron chi connectivity index (χ1n) is 12.7. The van der Waals surface area contributed by atoms with Crippen molar-refractivity contribution in [3.05, 3.63) is 56.5 Å². The molecule has 1 unspecified atom stereocenters. The third-order valence-electron chi connectivity index (χ3n) is 7.02. The van der Waals surface area contributed by atoms with Crippen molar-refractivity contribution in [1.29, 1.82) is 5.26 Å². The van der Waals surface area contributed by atoms with E-state index in [1.54, 1.807) is 0 Å². The number of hydrogen-bond acceptors (Lipinski definition) is 7. The largest absolute Gasteiger partial charge is 0.493 e. The highest BCUT2D eigenvalue weighted by Crippen LogP contribution is 2.44. The quantitative estimate of drug-likeness (QED) is 0.274. The van der Waals surface area contributed by atoms with Crippen LogP contribution in [0.25, 0.3) is 6.08 Å². The number of imide groups is 1. The molecule has 2 aromatic carbocycles. The molecule has 0 bridgehead atoms. The highest BCUT2D eigenvalue weighted by Gasteiger charge is 2.38. The van der Waals surface area contributed by atoms with Crippen molar-refractivity contribution >= 4 is 29.0 Å². The molecule has 40 heavy (non-hydrogen) atoms. The van der Waals surface area contributed by atoms with Gasteiger partial charge in [0.2, 0.25) is 0 Å². The fourth-order valence-electron chi connectivity index (χ4n) is 4.71. The monoisotopic (exact) mass is 574 g/mol. The minimum Gasteiger partial charge on any atom is -0.493 e. The van der Waals surface area contributed by atoms with Crippen LogP contribution in [0.3, 0.4) is 0 Å². The van der Waals surface area contributed by atoms with E-state index in [0.29, 0.717) is 49.8 Å². The molecule has 1 atom stereocenters. The number of fused-ring (bicyclic) bond motifs is 1. The van der Waals surface area contributed by atoms with E-state index in [2.05, 4.69) is 11.4 Å². The average Bonchev–Trinajstić information content (AvgIpc) is 3.21. The molecule has 4 rings (SSSR count). The van der Waals surface area contributed by atoms with Crippen LogP contribution in [0, 0.1) is 32.1 Å². The summed E-state index contributed by atoms with van der Waals surface area (Å²) in [5.74, 6) is 0.470. The predicted molar refractivity (Wildman–Crippen MR) is 144 cm³/mol. The summed E-state index contributed by atoms with van der Waals surface area (Å²) < 4.78 is 60.0. The number of halogens is 3. The van der Waals surface area contributed by atoms with Gasteiger partial charge in [0.15, 0.2) is 0 Å². The van der Waals surface area contributed by atoms with Gasteiger partial charge in [-0.15, -0.1) is 0 Å². The van der Waals surface area contributed by atoms with Crippen molar-refractivity contribution in [3.8, 4) is 23.3 Å². The Balaban J connectivity index is 1.54. The van der Waals surface area contributed by atoms with Crippen molar-refractivity contribution in [2.75, 3.05) is 13.2 Å². The van der Waals surface area contributed by atoms with Crippen molar-refractivity contribution in [2.45, 2.75) is 65.2 Å².